The van der Waals surface area contributed by atoms with Crippen molar-refractivity contribution in [2.75, 3.05) is 0 Å². The molecule has 0 bridgehead atoms. The summed E-state index contributed by atoms with van der Waals surface area (Å²) < 4.78 is 0. The zero-order valence-corrected chi connectivity index (χ0v) is 17.7. The van der Waals surface area contributed by atoms with Gasteiger partial charge in [-0.3, -0.25) is 0 Å². The van der Waals surface area contributed by atoms with Crippen LogP contribution in [0.4, 0.5) is 0 Å². The highest BCUT2D eigenvalue weighted by atomic mass is 14.4. The molecule has 1 aliphatic carbocycles. The third-order valence-electron chi connectivity index (χ3n) is 7.07. The third-order valence-corrected chi connectivity index (χ3v) is 7.07. The van der Waals surface area contributed by atoms with E-state index in [2.05, 4.69) is 112 Å². The Hall–Kier alpha value is -3.38. The van der Waals surface area contributed by atoms with E-state index in [-0.39, 0.29) is 5.41 Å². The fraction of sp³-hybridized carbons (Fsp3) is 0.133. The number of rotatable bonds is 1. The van der Waals surface area contributed by atoms with Crippen LogP contribution >= 0.6 is 0 Å². The standard InChI is InChI=1S/C30H24/c1-19-21-10-4-6-13-25(21)29(26-14-7-5-11-22(19)26)20-16-17-24-23-12-8-9-15-27(23)30(2,3)28(24)18-20/h4-18H,1-3H3. The second-order valence-corrected chi connectivity index (χ2v) is 9.02. The van der Waals surface area contributed by atoms with Gasteiger partial charge in [0.1, 0.15) is 0 Å². The van der Waals surface area contributed by atoms with Crippen molar-refractivity contribution in [3.05, 3.63) is 108 Å². The van der Waals surface area contributed by atoms with Crippen LogP contribution in [0.3, 0.4) is 0 Å². The predicted molar refractivity (Wildman–Crippen MR) is 129 cm³/mol. The van der Waals surface area contributed by atoms with Gasteiger partial charge in [0.2, 0.25) is 0 Å². The van der Waals surface area contributed by atoms with E-state index in [1.54, 1.807) is 0 Å². The van der Waals surface area contributed by atoms with Crippen LogP contribution in [0.25, 0.3) is 43.8 Å². The summed E-state index contributed by atoms with van der Waals surface area (Å²) in [5, 5.41) is 5.35. The Morgan fingerprint density at radius 2 is 1.07 bits per heavy atom. The van der Waals surface area contributed by atoms with Gasteiger partial charge in [0.25, 0.3) is 0 Å². The number of aryl methyl sites for hydroxylation is 1. The summed E-state index contributed by atoms with van der Waals surface area (Å²) in [5.41, 5.74) is 9.63. The van der Waals surface area contributed by atoms with Crippen LogP contribution in [0.2, 0.25) is 0 Å². The quantitative estimate of drug-likeness (QED) is 0.255. The van der Waals surface area contributed by atoms with Gasteiger partial charge in [-0.1, -0.05) is 98.8 Å². The molecule has 6 rings (SSSR count). The van der Waals surface area contributed by atoms with Gasteiger partial charge in [0, 0.05) is 5.41 Å². The zero-order valence-electron chi connectivity index (χ0n) is 17.7. The van der Waals surface area contributed by atoms with E-state index in [0.29, 0.717) is 0 Å². The molecule has 30 heavy (non-hydrogen) atoms. The monoisotopic (exact) mass is 384 g/mol. The summed E-state index contributed by atoms with van der Waals surface area (Å²) in [7, 11) is 0. The number of fused-ring (bicyclic) bond motifs is 5. The molecule has 5 aromatic carbocycles. The lowest BCUT2D eigenvalue weighted by molar-refractivity contribution is 0.660. The van der Waals surface area contributed by atoms with Crippen LogP contribution in [-0.4, -0.2) is 0 Å². The zero-order chi connectivity index (χ0) is 20.5. The van der Waals surface area contributed by atoms with Crippen molar-refractivity contribution in [2.45, 2.75) is 26.2 Å². The van der Waals surface area contributed by atoms with Crippen LogP contribution in [-0.2, 0) is 5.41 Å². The van der Waals surface area contributed by atoms with Gasteiger partial charge >= 0.3 is 0 Å². The Bertz CT molecular complexity index is 1410. The summed E-state index contributed by atoms with van der Waals surface area (Å²) in [4.78, 5) is 0. The summed E-state index contributed by atoms with van der Waals surface area (Å²) >= 11 is 0. The minimum atomic E-state index is 0.0121. The van der Waals surface area contributed by atoms with Crippen LogP contribution in [0.15, 0.2) is 91.0 Å². The first-order valence-corrected chi connectivity index (χ1v) is 10.7. The first-order chi connectivity index (χ1) is 14.6. The van der Waals surface area contributed by atoms with Crippen molar-refractivity contribution in [3.63, 3.8) is 0 Å². The molecule has 0 radical (unpaired) electrons. The van der Waals surface area contributed by atoms with Crippen molar-refractivity contribution in [3.8, 4) is 22.3 Å². The Balaban J connectivity index is 1.71. The molecule has 0 fully saturated rings. The maximum absolute atomic E-state index is 2.44. The molecule has 0 heterocycles. The molecule has 0 unspecified atom stereocenters. The smallest absolute Gasteiger partial charge is 0.0159 e. The molecular weight excluding hydrogens is 360 g/mol. The average Bonchev–Trinajstić information content (AvgIpc) is 3.01. The van der Waals surface area contributed by atoms with Gasteiger partial charge < -0.3 is 0 Å². The van der Waals surface area contributed by atoms with Crippen molar-refractivity contribution in [2.24, 2.45) is 0 Å². The summed E-state index contributed by atoms with van der Waals surface area (Å²) in [6, 6.07) is 33.6. The van der Waals surface area contributed by atoms with Gasteiger partial charge in [-0.2, -0.15) is 0 Å². The van der Waals surface area contributed by atoms with Crippen LogP contribution in [0.5, 0.6) is 0 Å². The molecular formula is C30H24. The van der Waals surface area contributed by atoms with Gasteiger partial charge in [0.15, 0.2) is 0 Å². The maximum atomic E-state index is 2.44. The number of hydrogen-bond donors (Lipinski definition) is 0. The van der Waals surface area contributed by atoms with Gasteiger partial charge in [-0.15, -0.1) is 0 Å². The molecule has 0 saturated carbocycles. The molecule has 0 nitrogen and oxygen atoms in total. The third kappa shape index (κ3) is 2.22. The van der Waals surface area contributed by atoms with Crippen molar-refractivity contribution in [1.82, 2.24) is 0 Å². The van der Waals surface area contributed by atoms with Crippen molar-refractivity contribution < 1.29 is 0 Å². The second-order valence-electron chi connectivity index (χ2n) is 9.02. The molecule has 0 aromatic heterocycles. The molecule has 0 N–H and O–H groups in total. The Morgan fingerprint density at radius 3 is 1.73 bits per heavy atom. The summed E-state index contributed by atoms with van der Waals surface area (Å²) in [5.74, 6) is 0. The Morgan fingerprint density at radius 1 is 0.533 bits per heavy atom. The molecule has 5 aromatic rings. The fourth-order valence-corrected chi connectivity index (χ4v) is 5.52. The topological polar surface area (TPSA) is 0 Å². The van der Waals surface area contributed by atoms with Gasteiger partial charge in [-0.25, -0.2) is 0 Å². The van der Waals surface area contributed by atoms with E-state index in [9.17, 15) is 0 Å². The number of benzene rings is 5. The molecule has 0 aliphatic heterocycles. The maximum Gasteiger partial charge on any atom is 0.0159 e. The summed E-state index contributed by atoms with van der Waals surface area (Å²) in [6.07, 6.45) is 0. The molecule has 0 spiro atoms. The molecule has 144 valence electrons. The van der Waals surface area contributed by atoms with E-state index >= 15 is 0 Å². The fourth-order valence-electron chi connectivity index (χ4n) is 5.52. The SMILES string of the molecule is Cc1c2ccccc2c(-c2ccc3c(c2)C(C)(C)c2ccccc2-3)c2ccccc12. The molecule has 0 saturated heterocycles. The number of hydrogen-bond acceptors (Lipinski definition) is 0. The predicted octanol–water partition coefficient (Wildman–Crippen LogP) is 8.27. The van der Waals surface area contributed by atoms with Gasteiger partial charge in [0.05, 0.1) is 0 Å². The van der Waals surface area contributed by atoms with E-state index in [4.69, 9.17) is 0 Å². The van der Waals surface area contributed by atoms with Crippen molar-refractivity contribution in [1.29, 1.82) is 0 Å². The van der Waals surface area contributed by atoms with E-state index < -0.39 is 0 Å². The lowest BCUT2D eigenvalue weighted by atomic mass is 9.81. The first kappa shape index (κ1) is 17.5. The van der Waals surface area contributed by atoms with Crippen molar-refractivity contribution >= 4 is 21.5 Å². The average molecular weight is 385 g/mol. The van der Waals surface area contributed by atoms with Crippen LogP contribution < -0.4 is 0 Å². The first-order valence-electron chi connectivity index (χ1n) is 10.7. The minimum Gasteiger partial charge on any atom is -0.0619 e. The molecule has 0 atom stereocenters. The van der Waals surface area contributed by atoms with E-state index in [0.717, 1.165) is 0 Å². The van der Waals surface area contributed by atoms with Crippen LogP contribution in [0, 0.1) is 6.92 Å². The largest absolute Gasteiger partial charge is 0.0619 e. The molecule has 1 aliphatic rings. The minimum absolute atomic E-state index is 0.0121. The van der Waals surface area contributed by atoms with Crippen LogP contribution in [0.1, 0.15) is 30.5 Å². The lowest BCUT2D eigenvalue weighted by Crippen LogP contribution is -2.14. The molecule has 0 amide bonds. The Kier molecular flexibility index (Phi) is 3.53. The lowest BCUT2D eigenvalue weighted by Gasteiger charge is -2.22. The van der Waals surface area contributed by atoms with E-state index in [1.807, 2.05) is 0 Å². The van der Waals surface area contributed by atoms with E-state index in [1.165, 1.54) is 60.5 Å². The highest BCUT2D eigenvalue weighted by molar-refractivity contribution is 6.15. The normalized spacial score (nSPS) is 14.1. The highest BCUT2D eigenvalue weighted by Crippen LogP contribution is 2.50. The second kappa shape index (κ2) is 6.06. The Labute approximate surface area is 177 Å². The highest BCUT2D eigenvalue weighted by Gasteiger charge is 2.35. The molecule has 0 heteroatoms. The summed E-state index contributed by atoms with van der Waals surface area (Å²) in [6.45, 7) is 6.95. The van der Waals surface area contributed by atoms with Gasteiger partial charge in [-0.05, 0) is 73.5 Å².